The number of nitrogens with zero attached hydrogens (tertiary/aromatic N) is 2. The fraction of sp³-hybridized carbons (Fsp3) is 0.263. The zero-order valence-corrected chi connectivity index (χ0v) is 14.3. The van der Waals surface area contributed by atoms with Crippen LogP contribution in [-0.2, 0) is 4.79 Å². The summed E-state index contributed by atoms with van der Waals surface area (Å²) in [4.78, 5) is 28.6. The van der Waals surface area contributed by atoms with Crippen molar-refractivity contribution in [1.82, 2.24) is 4.90 Å². The molecule has 0 bridgehead atoms. The SMILES string of the molecule is Cc1ccc(C(=O)C(=O)N2CCN(c3ccc(Cl)cc3)CC2)cc1. The monoisotopic (exact) mass is 342 g/mol. The first-order chi connectivity index (χ1) is 11.5. The average molecular weight is 343 g/mol. The average Bonchev–Trinajstić information content (AvgIpc) is 2.62. The van der Waals surface area contributed by atoms with E-state index in [9.17, 15) is 9.59 Å². The standard InChI is InChI=1S/C19H19ClN2O2/c1-14-2-4-15(5-3-14)18(23)19(24)22-12-10-21(11-13-22)17-8-6-16(20)7-9-17/h2-9H,10-13H2,1H3. The van der Waals surface area contributed by atoms with Crippen LogP contribution in [0, 0.1) is 6.92 Å². The Balaban J connectivity index is 1.61. The second-order valence-electron chi connectivity index (χ2n) is 5.95. The summed E-state index contributed by atoms with van der Waals surface area (Å²) in [5.74, 6) is -0.857. The molecule has 1 fully saturated rings. The third kappa shape index (κ3) is 3.60. The molecule has 24 heavy (non-hydrogen) atoms. The number of halogens is 1. The molecule has 1 aliphatic rings. The number of hydrogen-bond donors (Lipinski definition) is 0. The maximum absolute atomic E-state index is 12.4. The third-order valence-electron chi connectivity index (χ3n) is 4.27. The number of carbonyl (C=O) groups excluding carboxylic acids is 2. The zero-order valence-electron chi connectivity index (χ0n) is 13.5. The molecule has 2 aromatic rings. The van der Waals surface area contributed by atoms with E-state index in [1.54, 1.807) is 17.0 Å². The quantitative estimate of drug-likeness (QED) is 0.635. The Labute approximate surface area is 146 Å². The minimum atomic E-state index is -0.435. The molecule has 1 saturated heterocycles. The lowest BCUT2D eigenvalue weighted by Gasteiger charge is -2.35. The second-order valence-corrected chi connectivity index (χ2v) is 6.39. The van der Waals surface area contributed by atoms with E-state index in [-0.39, 0.29) is 0 Å². The predicted octanol–water partition coefficient (Wildman–Crippen LogP) is 3.18. The molecular weight excluding hydrogens is 324 g/mol. The molecule has 0 N–H and O–H groups in total. The first kappa shape index (κ1) is 16.5. The molecule has 0 saturated carbocycles. The van der Waals surface area contributed by atoms with Gasteiger partial charge in [-0.3, -0.25) is 9.59 Å². The van der Waals surface area contributed by atoms with Crippen LogP contribution in [0.4, 0.5) is 5.69 Å². The highest BCUT2D eigenvalue weighted by Crippen LogP contribution is 2.19. The summed E-state index contributed by atoms with van der Waals surface area (Å²) in [6.45, 7) is 4.44. The van der Waals surface area contributed by atoms with Gasteiger partial charge >= 0.3 is 0 Å². The molecule has 0 spiro atoms. The van der Waals surface area contributed by atoms with Crippen molar-refractivity contribution in [2.24, 2.45) is 0 Å². The number of carbonyl (C=O) groups is 2. The number of ketones is 1. The number of Topliss-reactive ketones (excluding diaryl/α,β-unsaturated/α-hetero) is 1. The van der Waals surface area contributed by atoms with Crippen LogP contribution >= 0.6 is 11.6 Å². The van der Waals surface area contributed by atoms with Gasteiger partial charge in [-0.2, -0.15) is 0 Å². The Hall–Kier alpha value is -2.33. The van der Waals surface area contributed by atoms with Crippen LogP contribution in [0.3, 0.4) is 0 Å². The van der Waals surface area contributed by atoms with Gasteiger partial charge in [-0.05, 0) is 31.2 Å². The lowest BCUT2D eigenvalue weighted by atomic mass is 10.1. The van der Waals surface area contributed by atoms with E-state index in [4.69, 9.17) is 11.6 Å². The lowest BCUT2D eigenvalue weighted by Crippen LogP contribution is -2.50. The minimum Gasteiger partial charge on any atom is -0.368 e. The molecule has 124 valence electrons. The van der Waals surface area contributed by atoms with Crippen LogP contribution < -0.4 is 4.90 Å². The molecule has 5 heteroatoms. The molecular formula is C19H19ClN2O2. The number of piperazine rings is 1. The van der Waals surface area contributed by atoms with Crippen molar-refractivity contribution in [3.05, 3.63) is 64.7 Å². The fourth-order valence-corrected chi connectivity index (χ4v) is 2.92. The van der Waals surface area contributed by atoms with Gasteiger partial charge in [-0.25, -0.2) is 0 Å². The minimum absolute atomic E-state index is 0.422. The molecule has 0 radical (unpaired) electrons. The fourth-order valence-electron chi connectivity index (χ4n) is 2.79. The van der Waals surface area contributed by atoms with Gasteiger partial charge in [0.25, 0.3) is 5.91 Å². The van der Waals surface area contributed by atoms with Crippen molar-refractivity contribution in [3.8, 4) is 0 Å². The highest BCUT2D eigenvalue weighted by molar-refractivity contribution is 6.42. The second kappa shape index (κ2) is 7.05. The van der Waals surface area contributed by atoms with Crippen molar-refractivity contribution >= 4 is 29.0 Å². The molecule has 2 aromatic carbocycles. The molecule has 1 amide bonds. The van der Waals surface area contributed by atoms with Gasteiger partial charge in [0.15, 0.2) is 0 Å². The van der Waals surface area contributed by atoms with Gasteiger partial charge in [-0.15, -0.1) is 0 Å². The van der Waals surface area contributed by atoms with Gasteiger partial charge in [-0.1, -0.05) is 41.4 Å². The van der Waals surface area contributed by atoms with Crippen LogP contribution in [0.15, 0.2) is 48.5 Å². The maximum Gasteiger partial charge on any atom is 0.295 e. The maximum atomic E-state index is 12.4. The van der Waals surface area contributed by atoms with E-state index in [1.807, 2.05) is 43.3 Å². The van der Waals surface area contributed by atoms with Gasteiger partial charge in [0.2, 0.25) is 5.78 Å². The van der Waals surface area contributed by atoms with Crippen LogP contribution in [0.2, 0.25) is 5.02 Å². The first-order valence-electron chi connectivity index (χ1n) is 7.95. The predicted molar refractivity (Wildman–Crippen MR) is 95.8 cm³/mol. The summed E-state index contributed by atoms with van der Waals surface area (Å²) in [6.07, 6.45) is 0. The summed E-state index contributed by atoms with van der Waals surface area (Å²) in [5.41, 5.74) is 2.60. The molecule has 4 nitrogen and oxygen atoms in total. The number of rotatable bonds is 3. The molecule has 1 heterocycles. The van der Waals surface area contributed by atoms with Crippen LogP contribution in [-0.4, -0.2) is 42.8 Å². The van der Waals surface area contributed by atoms with E-state index in [0.717, 1.165) is 11.3 Å². The number of amides is 1. The Bertz CT molecular complexity index is 733. The summed E-state index contributed by atoms with van der Waals surface area (Å²) in [6, 6.07) is 14.8. The van der Waals surface area contributed by atoms with Gasteiger partial charge in [0.1, 0.15) is 0 Å². The molecule has 0 unspecified atom stereocenters. The Kier molecular flexibility index (Phi) is 4.86. The van der Waals surface area contributed by atoms with E-state index < -0.39 is 11.7 Å². The number of hydrogen-bond acceptors (Lipinski definition) is 3. The first-order valence-corrected chi connectivity index (χ1v) is 8.33. The topological polar surface area (TPSA) is 40.6 Å². The van der Waals surface area contributed by atoms with E-state index in [2.05, 4.69) is 4.90 Å². The van der Waals surface area contributed by atoms with E-state index in [0.29, 0.717) is 36.8 Å². The molecule has 0 aliphatic carbocycles. The summed E-state index contributed by atoms with van der Waals surface area (Å²) in [5, 5.41) is 0.705. The van der Waals surface area contributed by atoms with Gasteiger partial charge in [0, 0.05) is 42.5 Å². The molecule has 1 aliphatic heterocycles. The van der Waals surface area contributed by atoms with Crippen molar-refractivity contribution in [1.29, 1.82) is 0 Å². The molecule has 0 atom stereocenters. The largest absolute Gasteiger partial charge is 0.368 e. The Morgan fingerprint density at radius 1 is 0.875 bits per heavy atom. The zero-order chi connectivity index (χ0) is 17.1. The van der Waals surface area contributed by atoms with E-state index >= 15 is 0 Å². The van der Waals surface area contributed by atoms with E-state index in [1.165, 1.54) is 0 Å². The third-order valence-corrected chi connectivity index (χ3v) is 4.52. The van der Waals surface area contributed by atoms with Crippen LogP contribution in [0.5, 0.6) is 0 Å². The molecule has 0 aromatic heterocycles. The summed E-state index contributed by atoms with van der Waals surface area (Å²) in [7, 11) is 0. The summed E-state index contributed by atoms with van der Waals surface area (Å²) >= 11 is 5.91. The Morgan fingerprint density at radius 3 is 2.04 bits per heavy atom. The van der Waals surface area contributed by atoms with Crippen LogP contribution in [0.25, 0.3) is 0 Å². The molecule has 3 rings (SSSR count). The van der Waals surface area contributed by atoms with Crippen molar-refractivity contribution in [3.63, 3.8) is 0 Å². The smallest absolute Gasteiger partial charge is 0.295 e. The van der Waals surface area contributed by atoms with Gasteiger partial charge in [0.05, 0.1) is 0 Å². The Morgan fingerprint density at radius 2 is 1.46 bits per heavy atom. The highest BCUT2D eigenvalue weighted by atomic mass is 35.5. The van der Waals surface area contributed by atoms with Crippen molar-refractivity contribution < 1.29 is 9.59 Å². The van der Waals surface area contributed by atoms with Crippen molar-refractivity contribution in [2.75, 3.05) is 31.1 Å². The normalized spacial score (nSPS) is 14.6. The summed E-state index contributed by atoms with van der Waals surface area (Å²) < 4.78 is 0. The van der Waals surface area contributed by atoms with Crippen LogP contribution in [0.1, 0.15) is 15.9 Å². The van der Waals surface area contributed by atoms with Crippen molar-refractivity contribution in [2.45, 2.75) is 6.92 Å². The highest BCUT2D eigenvalue weighted by Gasteiger charge is 2.26. The number of aryl methyl sites for hydroxylation is 1. The number of anilines is 1. The lowest BCUT2D eigenvalue weighted by molar-refractivity contribution is -0.126. The number of benzene rings is 2. The van der Waals surface area contributed by atoms with Gasteiger partial charge < -0.3 is 9.80 Å².